The van der Waals surface area contributed by atoms with Gasteiger partial charge < -0.3 is 9.80 Å². The minimum Gasteiger partial charge on any atom is -0.348 e. The van der Waals surface area contributed by atoms with Crippen molar-refractivity contribution in [2.45, 2.75) is 6.92 Å². The number of piperazine rings is 1. The van der Waals surface area contributed by atoms with Crippen molar-refractivity contribution in [2.24, 2.45) is 0 Å². The Kier molecular flexibility index (Phi) is 5.50. The van der Waals surface area contributed by atoms with Gasteiger partial charge in [-0.1, -0.05) is 17.3 Å². The number of halogens is 1. The van der Waals surface area contributed by atoms with Crippen LogP contribution in [-0.2, 0) is 4.79 Å². The second-order valence-corrected chi connectivity index (χ2v) is 6.74. The average molecular weight is 374 g/mol. The normalized spacial score (nSPS) is 15.0. The molecule has 9 heteroatoms. The molecule has 27 heavy (non-hydrogen) atoms. The summed E-state index contributed by atoms with van der Waals surface area (Å²) in [6.45, 7) is 4.29. The van der Waals surface area contributed by atoms with E-state index in [1.807, 2.05) is 4.90 Å². The van der Waals surface area contributed by atoms with Crippen molar-refractivity contribution in [1.29, 1.82) is 0 Å². The number of hydrogen-bond donors (Lipinski definition) is 0. The summed E-state index contributed by atoms with van der Waals surface area (Å²) in [5, 5.41) is 7.93. The van der Waals surface area contributed by atoms with Crippen molar-refractivity contribution in [3.05, 3.63) is 41.5 Å². The standard InChI is InChI=1S/C18H23FN6O2/c1-13-17(20-21-25(13)15-7-5-4-6-14(15)19)18(27)24-10-8-23(9-11-24)12-16(26)22(2)3/h4-7H,8-12H2,1-3H3. The molecular formula is C18H23FN6O2. The van der Waals surface area contributed by atoms with E-state index in [4.69, 9.17) is 0 Å². The van der Waals surface area contributed by atoms with Crippen molar-refractivity contribution < 1.29 is 14.0 Å². The fourth-order valence-corrected chi connectivity index (χ4v) is 2.97. The molecule has 2 aromatic rings. The van der Waals surface area contributed by atoms with E-state index < -0.39 is 5.82 Å². The van der Waals surface area contributed by atoms with Crippen LogP contribution in [0.25, 0.3) is 5.69 Å². The molecule has 144 valence electrons. The fourth-order valence-electron chi connectivity index (χ4n) is 2.97. The van der Waals surface area contributed by atoms with E-state index in [0.29, 0.717) is 38.4 Å². The van der Waals surface area contributed by atoms with Gasteiger partial charge in [-0.05, 0) is 19.1 Å². The number of aromatic nitrogens is 3. The van der Waals surface area contributed by atoms with Gasteiger partial charge in [0.25, 0.3) is 5.91 Å². The second-order valence-electron chi connectivity index (χ2n) is 6.74. The molecule has 1 aromatic carbocycles. The van der Waals surface area contributed by atoms with E-state index in [1.54, 1.807) is 49.0 Å². The van der Waals surface area contributed by atoms with Crippen LogP contribution < -0.4 is 0 Å². The van der Waals surface area contributed by atoms with Gasteiger partial charge >= 0.3 is 0 Å². The summed E-state index contributed by atoms with van der Waals surface area (Å²) in [4.78, 5) is 29.9. The molecule has 1 saturated heterocycles. The topological polar surface area (TPSA) is 74.6 Å². The molecule has 0 aliphatic carbocycles. The zero-order chi connectivity index (χ0) is 19.6. The first kappa shape index (κ1) is 19.0. The second kappa shape index (κ2) is 7.83. The number of para-hydroxylation sites is 1. The van der Waals surface area contributed by atoms with Gasteiger partial charge in [0.2, 0.25) is 5.91 Å². The van der Waals surface area contributed by atoms with Gasteiger partial charge in [0.05, 0.1) is 12.2 Å². The molecule has 0 saturated carbocycles. The number of rotatable bonds is 4. The van der Waals surface area contributed by atoms with Crippen LogP contribution in [0.5, 0.6) is 0 Å². The van der Waals surface area contributed by atoms with Crippen LogP contribution in [0.15, 0.2) is 24.3 Å². The lowest BCUT2D eigenvalue weighted by Gasteiger charge is -2.34. The van der Waals surface area contributed by atoms with Crippen molar-refractivity contribution in [3.8, 4) is 5.69 Å². The van der Waals surface area contributed by atoms with Gasteiger partial charge in [-0.2, -0.15) is 0 Å². The van der Waals surface area contributed by atoms with Crippen LogP contribution in [0.3, 0.4) is 0 Å². The predicted molar refractivity (Wildman–Crippen MR) is 97.1 cm³/mol. The lowest BCUT2D eigenvalue weighted by molar-refractivity contribution is -0.130. The van der Waals surface area contributed by atoms with Crippen LogP contribution >= 0.6 is 0 Å². The van der Waals surface area contributed by atoms with Gasteiger partial charge in [0.15, 0.2) is 5.69 Å². The molecule has 0 atom stereocenters. The van der Waals surface area contributed by atoms with Gasteiger partial charge in [0, 0.05) is 40.3 Å². The Morgan fingerprint density at radius 3 is 2.44 bits per heavy atom. The van der Waals surface area contributed by atoms with Crippen molar-refractivity contribution >= 4 is 11.8 Å². The highest BCUT2D eigenvalue weighted by molar-refractivity contribution is 5.93. The molecule has 3 rings (SSSR count). The van der Waals surface area contributed by atoms with Gasteiger partial charge in [-0.3, -0.25) is 14.5 Å². The van der Waals surface area contributed by atoms with E-state index in [1.165, 1.54) is 10.7 Å². The Hall–Kier alpha value is -2.81. The summed E-state index contributed by atoms with van der Waals surface area (Å²) < 4.78 is 15.3. The minimum absolute atomic E-state index is 0.0402. The van der Waals surface area contributed by atoms with Crippen molar-refractivity contribution in [3.63, 3.8) is 0 Å². The number of likely N-dealkylation sites (N-methyl/N-ethyl adjacent to an activating group) is 1. The molecule has 0 unspecified atom stereocenters. The molecule has 0 bridgehead atoms. The maximum Gasteiger partial charge on any atom is 0.276 e. The Morgan fingerprint density at radius 2 is 1.81 bits per heavy atom. The molecule has 0 spiro atoms. The minimum atomic E-state index is -0.427. The third kappa shape index (κ3) is 3.97. The zero-order valence-corrected chi connectivity index (χ0v) is 15.7. The quantitative estimate of drug-likeness (QED) is 0.782. The summed E-state index contributed by atoms with van der Waals surface area (Å²) in [6.07, 6.45) is 0. The summed E-state index contributed by atoms with van der Waals surface area (Å²) in [5.41, 5.74) is 0.972. The van der Waals surface area contributed by atoms with Crippen molar-refractivity contribution in [1.82, 2.24) is 29.7 Å². The Bertz CT molecular complexity index is 842. The van der Waals surface area contributed by atoms with Gasteiger partial charge in [0.1, 0.15) is 11.5 Å². The highest BCUT2D eigenvalue weighted by atomic mass is 19.1. The first-order valence-electron chi connectivity index (χ1n) is 8.77. The highest BCUT2D eigenvalue weighted by Gasteiger charge is 2.27. The smallest absolute Gasteiger partial charge is 0.276 e. The van der Waals surface area contributed by atoms with Crippen molar-refractivity contribution in [2.75, 3.05) is 46.8 Å². The van der Waals surface area contributed by atoms with Crippen LogP contribution in [-0.4, -0.2) is 88.3 Å². The summed E-state index contributed by atoms with van der Waals surface area (Å²) in [5.74, 6) is -0.615. The number of carbonyl (C=O) groups excluding carboxylic acids is 2. The zero-order valence-electron chi connectivity index (χ0n) is 15.7. The lowest BCUT2D eigenvalue weighted by atomic mass is 10.2. The Labute approximate surface area is 157 Å². The Morgan fingerprint density at radius 1 is 1.15 bits per heavy atom. The highest BCUT2D eigenvalue weighted by Crippen LogP contribution is 2.17. The largest absolute Gasteiger partial charge is 0.348 e. The lowest BCUT2D eigenvalue weighted by Crippen LogP contribution is -2.51. The van der Waals surface area contributed by atoms with E-state index in [-0.39, 0.29) is 23.2 Å². The molecule has 1 fully saturated rings. The Balaban J connectivity index is 1.68. The van der Waals surface area contributed by atoms with Gasteiger partial charge in [-0.15, -0.1) is 5.10 Å². The number of amides is 2. The van der Waals surface area contributed by atoms with Gasteiger partial charge in [-0.25, -0.2) is 9.07 Å². The molecule has 1 aromatic heterocycles. The van der Waals surface area contributed by atoms with Crippen LogP contribution in [0.4, 0.5) is 4.39 Å². The van der Waals surface area contributed by atoms with Crippen LogP contribution in [0, 0.1) is 12.7 Å². The third-order valence-electron chi connectivity index (χ3n) is 4.69. The molecule has 0 N–H and O–H groups in total. The monoisotopic (exact) mass is 374 g/mol. The SMILES string of the molecule is Cc1c(C(=O)N2CCN(CC(=O)N(C)C)CC2)nnn1-c1ccccc1F. The maximum absolute atomic E-state index is 14.0. The number of carbonyl (C=O) groups is 2. The average Bonchev–Trinajstić information content (AvgIpc) is 3.03. The summed E-state index contributed by atoms with van der Waals surface area (Å²) in [6, 6.07) is 6.23. The van der Waals surface area contributed by atoms with E-state index in [0.717, 1.165) is 0 Å². The first-order valence-corrected chi connectivity index (χ1v) is 8.77. The van der Waals surface area contributed by atoms with Crippen LogP contribution in [0.2, 0.25) is 0 Å². The molecular weight excluding hydrogens is 351 g/mol. The molecule has 0 radical (unpaired) electrons. The first-order chi connectivity index (χ1) is 12.9. The molecule has 1 aliphatic heterocycles. The molecule has 8 nitrogen and oxygen atoms in total. The molecule has 2 heterocycles. The summed E-state index contributed by atoms with van der Waals surface area (Å²) >= 11 is 0. The third-order valence-corrected chi connectivity index (χ3v) is 4.69. The number of benzene rings is 1. The van der Waals surface area contributed by atoms with E-state index in [9.17, 15) is 14.0 Å². The molecule has 1 aliphatic rings. The fraction of sp³-hybridized carbons (Fsp3) is 0.444. The molecule has 2 amide bonds. The number of hydrogen-bond acceptors (Lipinski definition) is 5. The maximum atomic E-state index is 14.0. The van der Waals surface area contributed by atoms with E-state index in [2.05, 4.69) is 10.3 Å². The number of nitrogens with zero attached hydrogens (tertiary/aromatic N) is 6. The van der Waals surface area contributed by atoms with E-state index >= 15 is 0 Å². The summed E-state index contributed by atoms with van der Waals surface area (Å²) in [7, 11) is 3.45. The van der Waals surface area contributed by atoms with Crippen LogP contribution in [0.1, 0.15) is 16.2 Å². The predicted octanol–water partition coefficient (Wildman–Crippen LogP) is 0.561.